The van der Waals surface area contributed by atoms with Crippen molar-refractivity contribution in [1.29, 1.82) is 0 Å². The van der Waals surface area contributed by atoms with Crippen LogP contribution in [0.15, 0.2) is 48.5 Å². The van der Waals surface area contributed by atoms with Gasteiger partial charge in [0, 0.05) is 37.8 Å². The largest absolute Gasteiger partial charge is 0.493 e. The van der Waals surface area contributed by atoms with Gasteiger partial charge in [-0.1, -0.05) is 6.07 Å². The van der Waals surface area contributed by atoms with Gasteiger partial charge in [0.05, 0.1) is 27.0 Å². The quantitative estimate of drug-likeness (QED) is 0.469. The van der Waals surface area contributed by atoms with Crippen molar-refractivity contribution in [3.05, 3.63) is 54.3 Å². The van der Waals surface area contributed by atoms with Crippen LogP contribution in [0.4, 0.5) is 10.2 Å². The van der Waals surface area contributed by atoms with Crippen molar-refractivity contribution in [1.82, 2.24) is 15.1 Å². The Labute approximate surface area is 209 Å². The summed E-state index contributed by atoms with van der Waals surface area (Å²) in [5, 5.41) is 8.79. The summed E-state index contributed by atoms with van der Waals surface area (Å²) >= 11 is 0. The number of carbonyl (C=O) groups excluding carboxylic acids is 1. The third-order valence-electron chi connectivity index (χ3n) is 5.98. The van der Waals surface area contributed by atoms with Crippen molar-refractivity contribution in [2.75, 3.05) is 52.4 Å². The summed E-state index contributed by atoms with van der Waals surface area (Å²) in [7, 11) is 4.68. The van der Waals surface area contributed by atoms with Gasteiger partial charge in [-0.3, -0.25) is 4.79 Å². The zero-order chi connectivity index (χ0) is 25.7. The molecule has 2 heterocycles. The lowest BCUT2D eigenvalue weighted by Gasteiger charge is -2.36. The molecule has 1 unspecified atom stereocenters. The molecule has 9 nitrogen and oxygen atoms in total. The monoisotopic (exact) mass is 496 g/mol. The Morgan fingerprint density at radius 3 is 2.17 bits per heavy atom. The second-order valence-corrected chi connectivity index (χ2v) is 8.22. The second-order valence-electron chi connectivity index (χ2n) is 8.22. The molecule has 1 amide bonds. The van der Waals surface area contributed by atoms with Gasteiger partial charge in [-0.15, -0.1) is 10.2 Å². The summed E-state index contributed by atoms with van der Waals surface area (Å²) in [6, 6.07) is 13.2. The van der Waals surface area contributed by atoms with Gasteiger partial charge in [-0.05, 0) is 43.3 Å². The van der Waals surface area contributed by atoms with E-state index >= 15 is 0 Å². The number of piperazine rings is 1. The summed E-state index contributed by atoms with van der Waals surface area (Å²) in [6.07, 6.45) is -0.712. The molecule has 4 rings (SSSR count). The molecule has 0 saturated carbocycles. The number of benzene rings is 2. The minimum absolute atomic E-state index is 0.136. The van der Waals surface area contributed by atoms with Crippen LogP contribution in [0.1, 0.15) is 6.92 Å². The summed E-state index contributed by atoms with van der Waals surface area (Å²) in [5.41, 5.74) is 1.45. The molecular formula is C26H29FN4O5. The van der Waals surface area contributed by atoms with Crippen molar-refractivity contribution >= 4 is 11.7 Å². The minimum atomic E-state index is -0.712. The standard InChI is InChI=1S/C26H29FN4O5/c1-17(36-20-7-5-6-19(27)16-20)26(32)31-12-10-30(11-13-31)24-9-8-21(28-29-24)18-14-22(33-2)25(35-4)23(15-18)34-3/h5-9,14-17H,10-13H2,1-4H3. The fourth-order valence-corrected chi connectivity index (χ4v) is 4.08. The van der Waals surface area contributed by atoms with Crippen LogP contribution >= 0.6 is 0 Å². The van der Waals surface area contributed by atoms with Gasteiger partial charge in [0.1, 0.15) is 11.6 Å². The number of ether oxygens (including phenoxy) is 4. The van der Waals surface area contributed by atoms with Crippen LogP contribution < -0.4 is 23.8 Å². The highest BCUT2D eigenvalue weighted by Crippen LogP contribution is 2.40. The average Bonchev–Trinajstić information content (AvgIpc) is 2.92. The molecule has 1 aliphatic heterocycles. The van der Waals surface area contributed by atoms with Crippen LogP contribution in [0.3, 0.4) is 0 Å². The number of rotatable bonds is 8. The molecule has 3 aromatic rings. The van der Waals surface area contributed by atoms with E-state index in [4.69, 9.17) is 18.9 Å². The van der Waals surface area contributed by atoms with E-state index in [1.807, 2.05) is 24.3 Å². The van der Waals surface area contributed by atoms with Gasteiger partial charge in [-0.2, -0.15) is 0 Å². The SMILES string of the molecule is COc1cc(-c2ccc(N3CCN(C(=O)C(C)Oc4cccc(F)c4)CC3)nn2)cc(OC)c1OC. The molecule has 1 aliphatic rings. The molecule has 0 aliphatic carbocycles. The molecule has 1 fully saturated rings. The lowest BCUT2D eigenvalue weighted by atomic mass is 10.1. The first-order chi connectivity index (χ1) is 17.4. The molecule has 0 bridgehead atoms. The number of methoxy groups -OCH3 is 3. The molecule has 36 heavy (non-hydrogen) atoms. The molecule has 2 aromatic carbocycles. The van der Waals surface area contributed by atoms with Crippen LogP contribution in [-0.2, 0) is 4.79 Å². The minimum Gasteiger partial charge on any atom is -0.493 e. The van der Waals surface area contributed by atoms with E-state index < -0.39 is 11.9 Å². The van der Waals surface area contributed by atoms with Crippen molar-refractivity contribution in [2.45, 2.75) is 13.0 Å². The van der Waals surface area contributed by atoms with E-state index in [1.54, 1.807) is 45.3 Å². The molecule has 1 aromatic heterocycles. The number of hydrogen-bond donors (Lipinski definition) is 0. The first-order valence-corrected chi connectivity index (χ1v) is 11.5. The maximum Gasteiger partial charge on any atom is 0.263 e. The van der Waals surface area contributed by atoms with E-state index in [1.165, 1.54) is 12.1 Å². The Morgan fingerprint density at radius 2 is 1.61 bits per heavy atom. The number of nitrogens with zero attached hydrogens (tertiary/aromatic N) is 4. The highest BCUT2D eigenvalue weighted by molar-refractivity contribution is 5.81. The van der Waals surface area contributed by atoms with Crippen LogP contribution in [0.2, 0.25) is 0 Å². The van der Waals surface area contributed by atoms with Crippen molar-refractivity contribution < 1.29 is 28.1 Å². The third kappa shape index (κ3) is 5.42. The normalized spacial score (nSPS) is 14.2. The van der Waals surface area contributed by atoms with E-state index in [2.05, 4.69) is 15.1 Å². The lowest BCUT2D eigenvalue weighted by molar-refractivity contribution is -0.138. The van der Waals surface area contributed by atoms with E-state index in [-0.39, 0.29) is 5.91 Å². The highest BCUT2D eigenvalue weighted by atomic mass is 19.1. The Hall–Kier alpha value is -4.08. The van der Waals surface area contributed by atoms with E-state index in [0.29, 0.717) is 54.9 Å². The second kappa shape index (κ2) is 11.1. The Morgan fingerprint density at radius 1 is 0.917 bits per heavy atom. The van der Waals surface area contributed by atoms with E-state index in [9.17, 15) is 9.18 Å². The molecule has 0 spiro atoms. The molecule has 10 heteroatoms. The van der Waals surface area contributed by atoms with Gasteiger partial charge in [0.25, 0.3) is 5.91 Å². The molecule has 190 valence electrons. The summed E-state index contributed by atoms with van der Waals surface area (Å²) in [6.45, 7) is 3.93. The maximum atomic E-state index is 13.4. The molecule has 1 atom stereocenters. The zero-order valence-corrected chi connectivity index (χ0v) is 20.7. The number of carbonyl (C=O) groups is 1. The molecule has 1 saturated heterocycles. The van der Waals surface area contributed by atoms with Crippen molar-refractivity contribution in [3.8, 4) is 34.3 Å². The first kappa shape index (κ1) is 25.0. The third-order valence-corrected chi connectivity index (χ3v) is 5.98. The number of amides is 1. The lowest BCUT2D eigenvalue weighted by Crippen LogP contribution is -2.52. The van der Waals surface area contributed by atoms with Crippen LogP contribution in [0.5, 0.6) is 23.0 Å². The Bertz CT molecular complexity index is 1170. The summed E-state index contributed by atoms with van der Waals surface area (Å²) in [4.78, 5) is 16.6. The fraction of sp³-hybridized carbons (Fsp3) is 0.346. The predicted octanol–water partition coefficient (Wildman–Crippen LogP) is 3.42. The van der Waals surface area contributed by atoms with Gasteiger partial charge in [0.15, 0.2) is 23.4 Å². The number of anilines is 1. The van der Waals surface area contributed by atoms with Crippen LogP contribution in [-0.4, -0.2) is 74.6 Å². The summed E-state index contributed by atoms with van der Waals surface area (Å²) < 4.78 is 35.3. The topological polar surface area (TPSA) is 86.3 Å². The van der Waals surface area contributed by atoms with Crippen LogP contribution in [0, 0.1) is 5.82 Å². The predicted molar refractivity (Wildman–Crippen MR) is 132 cm³/mol. The molecule has 0 radical (unpaired) electrons. The molecular weight excluding hydrogens is 467 g/mol. The van der Waals surface area contributed by atoms with Crippen LogP contribution in [0.25, 0.3) is 11.3 Å². The maximum absolute atomic E-state index is 13.4. The highest BCUT2D eigenvalue weighted by Gasteiger charge is 2.27. The molecule has 0 N–H and O–H groups in total. The first-order valence-electron chi connectivity index (χ1n) is 11.5. The van der Waals surface area contributed by atoms with Crippen molar-refractivity contribution in [2.24, 2.45) is 0 Å². The summed E-state index contributed by atoms with van der Waals surface area (Å²) in [5.74, 6) is 2.10. The Kier molecular flexibility index (Phi) is 7.72. The van der Waals surface area contributed by atoms with Gasteiger partial charge >= 0.3 is 0 Å². The zero-order valence-electron chi connectivity index (χ0n) is 20.7. The van der Waals surface area contributed by atoms with Gasteiger partial charge in [-0.25, -0.2) is 4.39 Å². The van der Waals surface area contributed by atoms with E-state index in [0.717, 1.165) is 11.4 Å². The number of hydrogen-bond acceptors (Lipinski definition) is 8. The number of aromatic nitrogens is 2. The number of halogens is 1. The Balaban J connectivity index is 1.38. The van der Waals surface area contributed by atoms with Crippen molar-refractivity contribution in [3.63, 3.8) is 0 Å². The van der Waals surface area contributed by atoms with Gasteiger partial charge in [0.2, 0.25) is 5.75 Å². The average molecular weight is 497 g/mol. The fourth-order valence-electron chi connectivity index (χ4n) is 4.08. The van der Waals surface area contributed by atoms with Gasteiger partial charge < -0.3 is 28.7 Å². The smallest absolute Gasteiger partial charge is 0.263 e.